The van der Waals surface area contributed by atoms with E-state index in [1.54, 1.807) is 11.3 Å². The molecule has 3 heterocycles. The monoisotopic (exact) mass is 303 g/mol. The number of ether oxygens (including phenoxy) is 1. The molecule has 1 aliphatic rings. The summed E-state index contributed by atoms with van der Waals surface area (Å²) < 4.78 is 5.91. The maximum atomic E-state index is 5.91. The van der Waals surface area contributed by atoms with Crippen molar-refractivity contribution < 1.29 is 4.74 Å². The lowest BCUT2D eigenvalue weighted by Crippen LogP contribution is -2.38. The number of hydrogen-bond acceptors (Lipinski definition) is 5. The number of hydrogen-bond donors (Lipinski definition) is 0. The van der Waals surface area contributed by atoms with Gasteiger partial charge in [-0.2, -0.15) is 0 Å². The van der Waals surface area contributed by atoms with Gasteiger partial charge in [0.05, 0.1) is 13.2 Å². The van der Waals surface area contributed by atoms with E-state index in [9.17, 15) is 0 Å². The van der Waals surface area contributed by atoms with Crippen LogP contribution in [0.3, 0.4) is 0 Å². The van der Waals surface area contributed by atoms with Crippen molar-refractivity contribution in [3.63, 3.8) is 0 Å². The van der Waals surface area contributed by atoms with Gasteiger partial charge in [0.25, 0.3) is 0 Å². The Kier molecular flexibility index (Phi) is 4.22. The summed E-state index contributed by atoms with van der Waals surface area (Å²) in [5, 5.41) is 2.10. The van der Waals surface area contributed by atoms with Gasteiger partial charge in [0, 0.05) is 29.1 Å². The van der Waals surface area contributed by atoms with Crippen molar-refractivity contribution in [1.82, 2.24) is 9.97 Å². The Morgan fingerprint density at radius 3 is 2.95 bits per heavy atom. The molecular formula is C16H21N3OS. The van der Waals surface area contributed by atoms with E-state index in [0.29, 0.717) is 5.92 Å². The van der Waals surface area contributed by atoms with Crippen LogP contribution in [0.5, 0.6) is 0 Å². The molecule has 2 aromatic heterocycles. The average molecular weight is 303 g/mol. The van der Waals surface area contributed by atoms with Gasteiger partial charge in [0.1, 0.15) is 17.7 Å². The van der Waals surface area contributed by atoms with Gasteiger partial charge >= 0.3 is 0 Å². The van der Waals surface area contributed by atoms with Crippen LogP contribution in [0.4, 0.5) is 5.82 Å². The minimum absolute atomic E-state index is 0.150. The smallest absolute Gasteiger partial charge is 0.133 e. The molecule has 0 aliphatic carbocycles. The Labute approximate surface area is 129 Å². The molecular weight excluding hydrogens is 282 g/mol. The minimum Gasteiger partial charge on any atom is -0.369 e. The van der Waals surface area contributed by atoms with Crippen LogP contribution in [0.2, 0.25) is 0 Å². The number of anilines is 1. The summed E-state index contributed by atoms with van der Waals surface area (Å²) in [4.78, 5) is 12.9. The molecule has 5 heteroatoms. The predicted molar refractivity (Wildman–Crippen MR) is 86.1 cm³/mol. The number of aromatic nitrogens is 2. The van der Waals surface area contributed by atoms with E-state index in [4.69, 9.17) is 9.72 Å². The fourth-order valence-corrected chi connectivity index (χ4v) is 3.26. The lowest BCUT2D eigenvalue weighted by Gasteiger charge is -2.33. The molecule has 3 rings (SSSR count). The molecule has 0 spiro atoms. The van der Waals surface area contributed by atoms with Gasteiger partial charge in [-0.25, -0.2) is 9.97 Å². The van der Waals surface area contributed by atoms with Crippen molar-refractivity contribution in [2.24, 2.45) is 0 Å². The molecule has 1 saturated heterocycles. The zero-order chi connectivity index (χ0) is 14.8. The fraction of sp³-hybridized carbons (Fsp3) is 0.500. The molecule has 0 N–H and O–H groups in total. The predicted octanol–water partition coefficient (Wildman–Crippen LogP) is 3.55. The second-order valence-electron chi connectivity index (χ2n) is 5.70. The van der Waals surface area contributed by atoms with Crippen molar-refractivity contribution >= 4 is 17.2 Å². The van der Waals surface area contributed by atoms with Crippen molar-refractivity contribution in [2.45, 2.75) is 32.8 Å². The van der Waals surface area contributed by atoms with Crippen molar-refractivity contribution in [1.29, 1.82) is 0 Å². The third kappa shape index (κ3) is 3.24. The molecule has 4 nitrogen and oxygen atoms in total. The Bertz CT molecular complexity index is 598. The van der Waals surface area contributed by atoms with E-state index in [1.165, 1.54) is 4.88 Å². The first-order valence-corrected chi connectivity index (χ1v) is 8.27. The van der Waals surface area contributed by atoms with Gasteiger partial charge in [-0.15, -0.1) is 11.3 Å². The highest BCUT2D eigenvalue weighted by molar-refractivity contribution is 7.10. The van der Waals surface area contributed by atoms with Gasteiger partial charge in [-0.1, -0.05) is 19.9 Å². The second-order valence-corrected chi connectivity index (χ2v) is 6.68. The van der Waals surface area contributed by atoms with E-state index in [-0.39, 0.29) is 6.10 Å². The Balaban J connectivity index is 1.83. The minimum atomic E-state index is 0.150. The zero-order valence-corrected chi connectivity index (χ0v) is 13.6. The Hall–Kier alpha value is -1.46. The first kappa shape index (κ1) is 14.5. The molecule has 0 radical (unpaired) electrons. The van der Waals surface area contributed by atoms with Crippen LogP contribution in [-0.2, 0) is 4.74 Å². The Morgan fingerprint density at radius 1 is 1.38 bits per heavy atom. The summed E-state index contributed by atoms with van der Waals surface area (Å²) in [6.07, 6.45) is 0.150. The second kappa shape index (κ2) is 6.12. The topological polar surface area (TPSA) is 38.2 Å². The zero-order valence-electron chi connectivity index (χ0n) is 12.7. The van der Waals surface area contributed by atoms with Crippen LogP contribution in [0.25, 0.3) is 0 Å². The molecule has 1 atom stereocenters. The quantitative estimate of drug-likeness (QED) is 0.869. The van der Waals surface area contributed by atoms with Crippen LogP contribution in [0.1, 0.15) is 42.3 Å². The third-order valence-corrected chi connectivity index (χ3v) is 4.59. The largest absolute Gasteiger partial charge is 0.369 e. The van der Waals surface area contributed by atoms with Crippen LogP contribution in [0, 0.1) is 6.92 Å². The molecule has 2 aromatic rings. The summed E-state index contributed by atoms with van der Waals surface area (Å²) in [6.45, 7) is 8.78. The lowest BCUT2D eigenvalue weighted by molar-refractivity contribution is 0.0418. The standard InChI is InChI=1S/C16H21N3OS/c1-11(2)16-17-12(3)9-15(18-16)19-6-7-20-13(10-19)14-5-4-8-21-14/h4-5,8-9,11,13H,6-7,10H2,1-3H3. The van der Waals surface area contributed by atoms with E-state index in [0.717, 1.165) is 37.0 Å². The van der Waals surface area contributed by atoms with E-state index < -0.39 is 0 Å². The van der Waals surface area contributed by atoms with Gasteiger partial charge in [0.15, 0.2) is 0 Å². The highest BCUT2D eigenvalue weighted by Gasteiger charge is 2.24. The number of aryl methyl sites for hydroxylation is 1. The van der Waals surface area contributed by atoms with Crippen LogP contribution in [-0.4, -0.2) is 29.7 Å². The first-order chi connectivity index (χ1) is 10.1. The summed E-state index contributed by atoms with van der Waals surface area (Å²) in [5.41, 5.74) is 1.03. The normalized spacial score (nSPS) is 19.2. The number of thiophene rings is 1. The van der Waals surface area contributed by atoms with E-state index in [2.05, 4.69) is 47.3 Å². The van der Waals surface area contributed by atoms with Crippen LogP contribution < -0.4 is 4.90 Å². The van der Waals surface area contributed by atoms with Gasteiger partial charge in [0.2, 0.25) is 0 Å². The number of nitrogens with zero attached hydrogens (tertiary/aromatic N) is 3. The highest BCUT2D eigenvalue weighted by Crippen LogP contribution is 2.28. The van der Waals surface area contributed by atoms with E-state index >= 15 is 0 Å². The third-order valence-electron chi connectivity index (χ3n) is 3.63. The summed E-state index contributed by atoms with van der Waals surface area (Å²) >= 11 is 1.75. The van der Waals surface area contributed by atoms with Crippen LogP contribution >= 0.6 is 11.3 Å². The van der Waals surface area contributed by atoms with E-state index in [1.807, 2.05) is 6.92 Å². The molecule has 1 unspecified atom stereocenters. The van der Waals surface area contributed by atoms with Crippen molar-refractivity contribution in [3.05, 3.63) is 40.0 Å². The molecule has 0 saturated carbocycles. The van der Waals surface area contributed by atoms with Gasteiger partial charge in [-0.05, 0) is 18.4 Å². The molecule has 112 valence electrons. The Morgan fingerprint density at radius 2 is 2.24 bits per heavy atom. The van der Waals surface area contributed by atoms with Crippen molar-refractivity contribution in [3.8, 4) is 0 Å². The van der Waals surface area contributed by atoms with Crippen molar-refractivity contribution in [2.75, 3.05) is 24.6 Å². The SMILES string of the molecule is Cc1cc(N2CCOC(c3cccs3)C2)nc(C(C)C)n1. The van der Waals surface area contributed by atoms with Gasteiger partial charge in [-0.3, -0.25) is 0 Å². The average Bonchev–Trinajstić information content (AvgIpc) is 3.01. The molecule has 1 fully saturated rings. The maximum absolute atomic E-state index is 5.91. The summed E-state index contributed by atoms with van der Waals surface area (Å²) in [5.74, 6) is 2.29. The lowest BCUT2D eigenvalue weighted by atomic mass is 10.2. The molecule has 0 bridgehead atoms. The molecule has 1 aliphatic heterocycles. The highest BCUT2D eigenvalue weighted by atomic mass is 32.1. The maximum Gasteiger partial charge on any atom is 0.133 e. The number of morpholine rings is 1. The number of rotatable bonds is 3. The summed E-state index contributed by atoms with van der Waals surface area (Å²) in [7, 11) is 0. The first-order valence-electron chi connectivity index (χ1n) is 7.39. The molecule has 0 aromatic carbocycles. The molecule has 0 amide bonds. The van der Waals surface area contributed by atoms with Gasteiger partial charge < -0.3 is 9.64 Å². The van der Waals surface area contributed by atoms with Crippen LogP contribution in [0.15, 0.2) is 23.6 Å². The summed E-state index contributed by atoms with van der Waals surface area (Å²) in [6, 6.07) is 6.29. The molecule has 21 heavy (non-hydrogen) atoms. The fourth-order valence-electron chi connectivity index (χ4n) is 2.50.